The highest BCUT2D eigenvalue weighted by Gasteiger charge is 2.41. The van der Waals surface area contributed by atoms with E-state index in [4.69, 9.17) is 18.9 Å². The average Bonchev–Trinajstić information content (AvgIpc) is 3.58. The van der Waals surface area contributed by atoms with Crippen molar-refractivity contribution >= 4 is 11.8 Å². The Kier molecular flexibility index (Phi) is 6.85. The highest BCUT2D eigenvalue weighted by molar-refractivity contribution is 5.95. The Bertz CT molecular complexity index is 1310. The Morgan fingerprint density at radius 3 is 2.51 bits per heavy atom. The summed E-state index contributed by atoms with van der Waals surface area (Å²) in [6.07, 6.45) is 0. The Hall–Kier alpha value is -4.27. The van der Waals surface area contributed by atoms with E-state index in [1.54, 1.807) is 25.2 Å². The predicted octanol–water partition coefficient (Wildman–Crippen LogP) is 3.74. The second kappa shape index (κ2) is 10.4. The van der Waals surface area contributed by atoms with E-state index >= 15 is 0 Å². The maximum Gasteiger partial charge on any atom is 0.253 e. The minimum atomic E-state index is -0.527. The molecule has 2 atom stereocenters. The molecule has 0 radical (unpaired) electrons. The van der Waals surface area contributed by atoms with Gasteiger partial charge in [-0.3, -0.25) is 9.59 Å². The summed E-state index contributed by atoms with van der Waals surface area (Å²) in [4.78, 5) is 28.4. The largest absolute Gasteiger partial charge is 0.497 e. The quantitative estimate of drug-likeness (QED) is 0.526. The normalized spacial score (nSPS) is 18.0. The fourth-order valence-electron chi connectivity index (χ4n) is 4.82. The zero-order valence-corrected chi connectivity index (χ0v) is 20.5. The molecule has 37 heavy (non-hydrogen) atoms. The lowest BCUT2D eigenvalue weighted by Crippen LogP contribution is -2.35. The molecule has 0 aliphatic carbocycles. The van der Waals surface area contributed by atoms with Crippen LogP contribution < -0.4 is 24.3 Å². The lowest BCUT2D eigenvalue weighted by atomic mass is 9.87. The first kappa shape index (κ1) is 24.4. The van der Waals surface area contributed by atoms with E-state index < -0.39 is 11.7 Å². The Labute approximate surface area is 213 Å². The smallest absolute Gasteiger partial charge is 0.253 e. The van der Waals surface area contributed by atoms with Crippen LogP contribution in [0.5, 0.6) is 23.0 Å². The van der Waals surface area contributed by atoms with Gasteiger partial charge in [-0.05, 0) is 48.0 Å². The third-order valence-corrected chi connectivity index (χ3v) is 6.78. The van der Waals surface area contributed by atoms with Gasteiger partial charge in [-0.15, -0.1) is 0 Å². The summed E-state index contributed by atoms with van der Waals surface area (Å²) in [6.45, 7) is 0.991. The van der Waals surface area contributed by atoms with Crippen molar-refractivity contribution in [2.45, 2.75) is 12.5 Å². The highest BCUT2D eigenvalue weighted by Crippen LogP contribution is 2.40. The number of rotatable bonds is 7. The molecule has 2 amide bonds. The molecule has 3 aromatic rings. The lowest BCUT2D eigenvalue weighted by Gasteiger charge is -2.21. The molecular formula is C28H27FN2O6. The molecule has 1 fully saturated rings. The highest BCUT2D eigenvalue weighted by atomic mass is 19.1. The first-order valence-electron chi connectivity index (χ1n) is 11.9. The van der Waals surface area contributed by atoms with Gasteiger partial charge in [0.25, 0.3) is 5.91 Å². The molecule has 192 valence electrons. The number of amides is 2. The first-order valence-corrected chi connectivity index (χ1v) is 11.9. The molecule has 0 spiro atoms. The number of halogens is 1. The number of carbonyl (C=O) groups excluding carboxylic acids is 2. The van der Waals surface area contributed by atoms with Crippen LogP contribution in [-0.4, -0.2) is 50.8 Å². The Balaban J connectivity index is 1.39. The van der Waals surface area contributed by atoms with Crippen LogP contribution >= 0.6 is 0 Å². The molecule has 3 aromatic carbocycles. The summed E-state index contributed by atoms with van der Waals surface area (Å²) in [5.41, 5.74) is 2.04. The number of methoxy groups -OCH3 is 2. The number of nitrogens with zero attached hydrogens (tertiary/aromatic N) is 1. The second-order valence-electron chi connectivity index (χ2n) is 8.94. The zero-order chi connectivity index (χ0) is 25.9. The van der Waals surface area contributed by atoms with Crippen molar-refractivity contribution in [2.75, 3.05) is 34.1 Å². The van der Waals surface area contributed by atoms with Gasteiger partial charge in [-0.1, -0.05) is 12.1 Å². The van der Waals surface area contributed by atoms with E-state index in [1.807, 2.05) is 30.3 Å². The number of hydrogen-bond acceptors (Lipinski definition) is 6. The van der Waals surface area contributed by atoms with Crippen LogP contribution in [0.25, 0.3) is 0 Å². The van der Waals surface area contributed by atoms with Crippen LogP contribution in [0.1, 0.15) is 27.4 Å². The van der Waals surface area contributed by atoms with Crippen molar-refractivity contribution in [3.05, 3.63) is 83.2 Å². The van der Waals surface area contributed by atoms with Crippen molar-refractivity contribution < 1.29 is 32.9 Å². The maximum atomic E-state index is 13.5. The minimum absolute atomic E-state index is 0.177. The molecule has 9 heteroatoms. The molecular weight excluding hydrogens is 479 g/mol. The van der Waals surface area contributed by atoms with Gasteiger partial charge in [0.15, 0.2) is 11.5 Å². The first-order chi connectivity index (χ1) is 18.0. The summed E-state index contributed by atoms with van der Waals surface area (Å²) < 4.78 is 35.1. The number of fused-ring (bicyclic) bond motifs is 1. The molecule has 2 aliphatic rings. The van der Waals surface area contributed by atoms with Gasteiger partial charge < -0.3 is 29.2 Å². The van der Waals surface area contributed by atoms with Crippen molar-refractivity contribution in [1.29, 1.82) is 0 Å². The van der Waals surface area contributed by atoms with Crippen LogP contribution in [0.4, 0.5) is 4.39 Å². The fourth-order valence-corrected chi connectivity index (χ4v) is 4.82. The molecule has 1 saturated heterocycles. The van der Waals surface area contributed by atoms with Crippen molar-refractivity contribution in [2.24, 2.45) is 5.92 Å². The summed E-state index contributed by atoms with van der Waals surface area (Å²) in [7, 11) is 3.13. The number of ether oxygens (including phenoxy) is 4. The predicted molar refractivity (Wildman–Crippen MR) is 132 cm³/mol. The van der Waals surface area contributed by atoms with Crippen LogP contribution in [-0.2, 0) is 11.3 Å². The van der Waals surface area contributed by atoms with Gasteiger partial charge in [0.1, 0.15) is 17.3 Å². The maximum absolute atomic E-state index is 13.5. The van der Waals surface area contributed by atoms with Crippen LogP contribution in [0.3, 0.4) is 0 Å². The Morgan fingerprint density at radius 2 is 1.76 bits per heavy atom. The van der Waals surface area contributed by atoms with Gasteiger partial charge in [-0.25, -0.2) is 4.39 Å². The zero-order valence-electron chi connectivity index (χ0n) is 20.5. The summed E-state index contributed by atoms with van der Waals surface area (Å²) in [5.74, 6) is 0.813. The number of benzene rings is 3. The number of carbonyl (C=O) groups is 2. The van der Waals surface area contributed by atoms with E-state index in [0.717, 1.165) is 11.1 Å². The molecule has 1 N–H and O–H groups in total. The van der Waals surface area contributed by atoms with Gasteiger partial charge >= 0.3 is 0 Å². The molecule has 0 aromatic heterocycles. The summed E-state index contributed by atoms with van der Waals surface area (Å²) >= 11 is 0. The monoisotopic (exact) mass is 506 g/mol. The van der Waals surface area contributed by atoms with E-state index in [9.17, 15) is 14.0 Å². The summed E-state index contributed by atoms with van der Waals surface area (Å²) in [6, 6.07) is 16.4. The third kappa shape index (κ3) is 5.02. The standard InChI is InChI=1S/C28H27FN2O6/c1-34-20-8-9-21(25(12-20)35-2)22-14-31(28(33)18-4-6-19(29)7-5-18)15-23(22)27(32)30-13-17-3-10-24-26(11-17)37-16-36-24/h3-12,22-23H,13-16H2,1-2H3,(H,30,32)/t22-,23-/m1/s1. The third-order valence-electron chi connectivity index (χ3n) is 6.78. The van der Waals surface area contributed by atoms with E-state index in [0.29, 0.717) is 41.7 Å². The topological polar surface area (TPSA) is 86.3 Å². The Morgan fingerprint density at radius 1 is 0.973 bits per heavy atom. The fraction of sp³-hybridized carbons (Fsp3) is 0.286. The number of likely N-dealkylation sites (tertiary alicyclic amines) is 1. The van der Waals surface area contributed by atoms with Gasteiger partial charge in [0, 0.05) is 42.7 Å². The van der Waals surface area contributed by atoms with Crippen LogP contribution in [0.15, 0.2) is 60.7 Å². The average molecular weight is 507 g/mol. The van der Waals surface area contributed by atoms with Crippen molar-refractivity contribution in [3.8, 4) is 23.0 Å². The minimum Gasteiger partial charge on any atom is -0.497 e. The van der Waals surface area contributed by atoms with E-state index in [-0.39, 0.29) is 31.1 Å². The molecule has 5 rings (SSSR count). The SMILES string of the molecule is COc1ccc([C@H]2CN(C(=O)c3ccc(F)cc3)C[C@H]2C(=O)NCc2ccc3c(c2)OCO3)c(OC)c1. The van der Waals surface area contributed by atoms with Crippen LogP contribution in [0.2, 0.25) is 0 Å². The van der Waals surface area contributed by atoms with Crippen molar-refractivity contribution in [1.82, 2.24) is 10.2 Å². The molecule has 0 bridgehead atoms. The lowest BCUT2D eigenvalue weighted by molar-refractivity contribution is -0.125. The van der Waals surface area contributed by atoms with Crippen molar-refractivity contribution in [3.63, 3.8) is 0 Å². The number of hydrogen-bond donors (Lipinski definition) is 1. The van der Waals surface area contributed by atoms with Gasteiger partial charge in [0.2, 0.25) is 12.7 Å². The molecule has 2 heterocycles. The summed E-state index contributed by atoms with van der Waals surface area (Å²) in [5, 5.41) is 3.01. The number of nitrogens with one attached hydrogen (secondary N) is 1. The van der Waals surface area contributed by atoms with E-state index in [2.05, 4.69) is 5.32 Å². The molecule has 0 unspecified atom stereocenters. The van der Waals surface area contributed by atoms with Gasteiger partial charge in [-0.2, -0.15) is 0 Å². The van der Waals surface area contributed by atoms with Crippen LogP contribution in [0, 0.1) is 11.7 Å². The van der Waals surface area contributed by atoms with Gasteiger partial charge in [0.05, 0.1) is 20.1 Å². The molecule has 8 nitrogen and oxygen atoms in total. The molecule has 2 aliphatic heterocycles. The molecule has 0 saturated carbocycles. The second-order valence-corrected chi connectivity index (χ2v) is 8.94. The van der Waals surface area contributed by atoms with E-state index in [1.165, 1.54) is 24.3 Å².